The summed E-state index contributed by atoms with van der Waals surface area (Å²) in [5, 5.41) is 15.8. The van der Waals surface area contributed by atoms with Gasteiger partial charge in [0, 0.05) is 36.5 Å². The van der Waals surface area contributed by atoms with E-state index in [1.54, 1.807) is 0 Å². The van der Waals surface area contributed by atoms with Crippen LogP contribution in [0.4, 0.5) is 0 Å². The minimum Gasteiger partial charge on any atom is -0.760 e. The highest BCUT2D eigenvalue weighted by Gasteiger charge is 2.26. The Morgan fingerprint density at radius 3 is 2.54 bits per heavy atom. The summed E-state index contributed by atoms with van der Waals surface area (Å²) in [6, 6.07) is 14.9. The van der Waals surface area contributed by atoms with Crippen LogP contribution in [0.25, 0.3) is 10.8 Å². The molecular formula is C26H33N4O6S-. The van der Waals surface area contributed by atoms with Crippen LogP contribution in [0.2, 0.25) is 0 Å². The standard InChI is InChI=1S/C26H34N4O6S/c1-19(22-9-4-7-21-6-2-3-8-23(21)22)29-14-11-20(12-15-29)17-30(37(35)36)18-25(32)28-16-24(31)27-13-5-10-26(33)34/h2-10,19-20H,11-18H2,1H3,(H,27,31)(H,28,32)(H,33,34)(H,35,36)/p-1/b10-5+. The van der Waals surface area contributed by atoms with Crippen LogP contribution in [-0.2, 0) is 25.7 Å². The van der Waals surface area contributed by atoms with E-state index in [0.717, 1.165) is 36.3 Å². The first-order valence-corrected chi connectivity index (χ1v) is 13.3. The van der Waals surface area contributed by atoms with Crippen LogP contribution in [0.15, 0.2) is 54.6 Å². The first-order chi connectivity index (χ1) is 17.7. The number of hydrogen-bond acceptors (Lipinski definition) is 6. The quantitative estimate of drug-likeness (QED) is 0.280. The third-order valence-electron chi connectivity index (χ3n) is 6.59. The number of carbonyl (C=O) groups is 3. The van der Waals surface area contributed by atoms with Crippen molar-refractivity contribution in [1.82, 2.24) is 19.8 Å². The third-order valence-corrected chi connectivity index (χ3v) is 7.29. The maximum Gasteiger partial charge on any atom is 0.328 e. The van der Waals surface area contributed by atoms with Crippen molar-refractivity contribution in [2.75, 3.05) is 39.3 Å². The van der Waals surface area contributed by atoms with Gasteiger partial charge in [-0.15, -0.1) is 0 Å². The Morgan fingerprint density at radius 2 is 1.84 bits per heavy atom. The summed E-state index contributed by atoms with van der Waals surface area (Å²) in [5.74, 6) is -2.09. The number of fused-ring (bicyclic) bond motifs is 1. The number of piperidine rings is 1. The Kier molecular flexibility index (Phi) is 10.8. The lowest BCUT2D eigenvalue weighted by Gasteiger charge is -2.38. The van der Waals surface area contributed by atoms with E-state index in [4.69, 9.17) is 5.11 Å². The van der Waals surface area contributed by atoms with Crippen LogP contribution in [-0.4, -0.2) is 80.1 Å². The summed E-state index contributed by atoms with van der Waals surface area (Å²) in [7, 11) is 0. The van der Waals surface area contributed by atoms with Gasteiger partial charge in [-0.3, -0.25) is 18.7 Å². The molecule has 0 aliphatic carbocycles. The minimum atomic E-state index is -2.57. The summed E-state index contributed by atoms with van der Waals surface area (Å²) in [6.45, 7) is 3.42. The van der Waals surface area contributed by atoms with Crippen LogP contribution in [0.1, 0.15) is 31.4 Å². The smallest absolute Gasteiger partial charge is 0.328 e. The molecule has 2 aromatic carbocycles. The van der Waals surface area contributed by atoms with Crippen LogP contribution < -0.4 is 10.6 Å². The van der Waals surface area contributed by atoms with Gasteiger partial charge in [0.2, 0.25) is 11.8 Å². The van der Waals surface area contributed by atoms with Gasteiger partial charge < -0.3 is 20.3 Å². The molecule has 1 aliphatic rings. The molecule has 10 nitrogen and oxygen atoms in total. The molecule has 0 spiro atoms. The molecule has 3 rings (SSSR count). The average Bonchev–Trinajstić information content (AvgIpc) is 2.89. The molecule has 2 unspecified atom stereocenters. The topological polar surface area (TPSA) is 142 Å². The predicted octanol–water partition coefficient (Wildman–Crippen LogP) is 1.58. The van der Waals surface area contributed by atoms with Crippen LogP contribution in [0.5, 0.6) is 0 Å². The van der Waals surface area contributed by atoms with E-state index < -0.39 is 29.1 Å². The number of nitrogens with zero attached hydrogens (tertiary/aromatic N) is 2. The van der Waals surface area contributed by atoms with Crippen LogP contribution in [0, 0.1) is 5.92 Å². The number of amides is 2. The fourth-order valence-corrected chi connectivity index (χ4v) is 5.15. The van der Waals surface area contributed by atoms with Crippen molar-refractivity contribution in [1.29, 1.82) is 0 Å². The van der Waals surface area contributed by atoms with Gasteiger partial charge in [0.15, 0.2) is 0 Å². The second-order valence-electron chi connectivity index (χ2n) is 9.08. The largest absolute Gasteiger partial charge is 0.760 e. The molecular weight excluding hydrogens is 496 g/mol. The number of likely N-dealkylation sites (tertiary alicyclic amines) is 1. The summed E-state index contributed by atoms with van der Waals surface area (Å²) >= 11 is -2.57. The van der Waals surface area contributed by atoms with E-state index >= 15 is 0 Å². The normalized spacial score (nSPS) is 16.6. The van der Waals surface area contributed by atoms with E-state index in [1.165, 1.54) is 22.4 Å². The summed E-state index contributed by atoms with van der Waals surface area (Å²) in [5.41, 5.74) is 1.28. The first kappa shape index (κ1) is 28.5. The number of aliphatic carboxylic acids is 1. The van der Waals surface area contributed by atoms with Crippen molar-refractivity contribution in [3.8, 4) is 0 Å². The van der Waals surface area contributed by atoms with E-state index in [1.807, 2.05) is 12.1 Å². The molecule has 1 heterocycles. The van der Waals surface area contributed by atoms with Gasteiger partial charge in [-0.25, -0.2) is 9.10 Å². The monoisotopic (exact) mass is 529 g/mol. The van der Waals surface area contributed by atoms with Gasteiger partial charge in [-0.1, -0.05) is 48.5 Å². The van der Waals surface area contributed by atoms with Gasteiger partial charge in [0.1, 0.15) is 0 Å². The molecule has 1 fully saturated rings. The Morgan fingerprint density at radius 1 is 1.14 bits per heavy atom. The highest BCUT2D eigenvalue weighted by Crippen LogP contribution is 2.31. The van der Waals surface area contributed by atoms with E-state index in [9.17, 15) is 23.1 Å². The van der Waals surface area contributed by atoms with Crippen LogP contribution >= 0.6 is 0 Å². The number of benzene rings is 2. The van der Waals surface area contributed by atoms with Gasteiger partial charge >= 0.3 is 5.97 Å². The highest BCUT2D eigenvalue weighted by atomic mass is 32.2. The second kappa shape index (κ2) is 14.0. The van der Waals surface area contributed by atoms with Gasteiger partial charge in [-0.05, 0) is 55.1 Å². The zero-order valence-electron chi connectivity index (χ0n) is 20.8. The van der Waals surface area contributed by atoms with Crippen LogP contribution in [0.3, 0.4) is 0 Å². The van der Waals surface area contributed by atoms with Crippen molar-refractivity contribution in [2.24, 2.45) is 5.92 Å². The van der Waals surface area contributed by atoms with Gasteiger partial charge in [0.25, 0.3) is 0 Å². The molecule has 0 bridgehead atoms. The minimum absolute atomic E-state index is 0.00944. The van der Waals surface area contributed by atoms with Crippen molar-refractivity contribution in [3.63, 3.8) is 0 Å². The third kappa shape index (κ3) is 8.74. The molecule has 3 N–H and O–H groups in total. The lowest BCUT2D eigenvalue weighted by Crippen LogP contribution is -2.45. The number of carboxylic acid groups (broad SMARTS) is 1. The molecule has 0 radical (unpaired) electrons. The molecule has 0 saturated carbocycles. The molecule has 2 amide bonds. The molecule has 37 heavy (non-hydrogen) atoms. The van der Waals surface area contributed by atoms with Crippen molar-refractivity contribution < 1.29 is 28.3 Å². The Labute approximate surface area is 219 Å². The lowest BCUT2D eigenvalue weighted by molar-refractivity contribution is -0.131. The van der Waals surface area contributed by atoms with Crippen molar-refractivity contribution >= 4 is 39.8 Å². The Balaban J connectivity index is 1.45. The highest BCUT2D eigenvalue weighted by molar-refractivity contribution is 7.76. The molecule has 2 aromatic rings. The number of nitrogens with one attached hydrogen (secondary N) is 2. The van der Waals surface area contributed by atoms with Crippen molar-refractivity contribution in [3.05, 3.63) is 60.2 Å². The Hall–Kier alpha value is -3.12. The van der Waals surface area contributed by atoms with Crippen molar-refractivity contribution in [2.45, 2.75) is 25.8 Å². The van der Waals surface area contributed by atoms with Gasteiger partial charge in [0.05, 0.1) is 13.1 Å². The molecule has 200 valence electrons. The Bertz CT molecular complexity index is 1140. The number of rotatable bonds is 12. The number of hydrogen-bond donors (Lipinski definition) is 3. The maximum absolute atomic E-state index is 12.2. The fraction of sp³-hybridized carbons (Fsp3) is 0.423. The lowest BCUT2D eigenvalue weighted by atomic mass is 9.93. The molecule has 11 heteroatoms. The molecule has 0 aromatic heterocycles. The SMILES string of the molecule is CC(c1cccc2ccccc12)N1CCC(CN(CC(=O)NCC(=O)NC/C=C/C(=O)O)S(=O)[O-])CC1. The summed E-state index contributed by atoms with van der Waals surface area (Å²) in [6.07, 6.45) is 3.79. The molecule has 1 aliphatic heterocycles. The zero-order valence-corrected chi connectivity index (χ0v) is 21.6. The molecule has 1 saturated heterocycles. The maximum atomic E-state index is 12.2. The average molecular weight is 530 g/mol. The second-order valence-corrected chi connectivity index (χ2v) is 10.0. The number of carbonyl (C=O) groups excluding carboxylic acids is 2. The predicted molar refractivity (Wildman–Crippen MR) is 140 cm³/mol. The van der Waals surface area contributed by atoms with Gasteiger partial charge in [-0.2, -0.15) is 0 Å². The summed E-state index contributed by atoms with van der Waals surface area (Å²) < 4.78 is 24.6. The summed E-state index contributed by atoms with van der Waals surface area (Å²) in [4.78, 5) is 36.8. The fourth-order valence-electron chi connectivity index (χ4n) is 4.59. The zero-order chi connectivity index (χ0) is 26.8. The van der Waals surface area contributed by atoms with E-state index in [-0.39, 0.29) is 38.1 Å². The molecule has 2 atom stereocenters. The number of carboxylic acids is 1. The first-order valence-electron chi connectivity index (χ1n) is 12.2. The van der Waals surface area contributed by atoms with E-state index in [0.29, 0.717) is 0 Å². The van der Waals surface area contributed by atoms with E-state index in [2.05, 4.69) is 52.8 Å².